The third-order valence-electron chi connectivity index (χ3n) is 3.82. The lowest BCUT2D eigenvalue weighted by Crippen LogP contribution is -2.50. The van der Waals surface area contributed by atoms with E-state index >= 15 is 0 Å². The van der Waals surface area contributed by atoms with Gasteiger partial charge in [-0.25, -0.2) is 0 Å². The smallest absolute Gasteiger partial charge is 0.234 e. The lowest BCUT2D eigenvalue weighted by Gasteiger charge is -2.40. The van der Waals surface area contributed by atoms with Gasteiger partial charge in [-0.15, -0.1) is 0 Å². The second kappa shape index (κ2) is 7.10. The molecule has 0 spiro atoms. The van der Waals surface area contributed by atoms with Crippen LogP contribution in [0.2, 0.25) is 0 Å². The second-order valence-corrected chi connectivity index (χ2v) is 5.53. The number of hydrogen-bond acceptors (Lipinski definition) is 3. The molecule has 2 N–H and O–H groups in total. The quantitative estimate of drug-likeness (QED) is 0.762. The Morgan fingerprint density at radius 3 is 2.61 bits per heavy atom. The van der Waals surface area contributed by atoms with E-state index in [0.29, 0.717) is 12.6 Å². The molecule has 1 fully saturated rings. The van der Waals surface area contributed by atoms with Gasteiger partial charge in [0.05, 0.1) is 12.1 Å². The van der Waals surface area contributed by atoms with E-state index in [1.165, 1.54) is 0 Å². The third kappa shape index (κ3) is 4.58. The van der Waals surface area contributed by atoms with Crippen molar-refractivity contribution in [3.8, 4) is 0 Å². The Labute approximate surface area is 111 Å². The average molecular weight is 256 g/mol. The van der Waals surface area contributed by atoms with Gasteiger partial charge in [-0.05, 0) is 25.7 Å². The van der Waals surface area contributed by atoms with Crippen LogP contribution >= 0.6 is 0 Å². The minimum atomic E-state index is -0.0261. The molecule has 1 unspecified atom stereocenters. The van der Waals surface area contributed by atoms with Crippen LogP contribution in [0.4, 0.5) is 0 Å². The lowest BCUT2D eigenvalue weighted by molar-refractivity contribution is -0.125. The first-order valence-electron chi connectivity index (χ1n) is 7.18. The van der Waals surface area contributed by atoms with Crippen molar-refractivity contribution in [1.29, 1.82) is 0 Å². The molecule has 1 rings (SSSR count). The Kier molecular flexibility index (Phi) is 6.09. The molecule has 1 atom stereocenters. The van der Waals surface area contributed by atoms with E-state index < -0.39 is 0 Å². The summed E-state index contributed by atoms with van der Waals surface area (Å²) < 4.78 is 5.91. The summed E-state index contributed by atoms with van der Waals surface area (Å²) in [4.78, 5) is 11.8. The molecule has 1 aliphatic heterocycles. The zero-order valence-corrected chi connectivity index (χ0v) is 12.2. The van der Waals surface area contributed by atoms with Crippen LogP contribution in [0.1, 0.15) is 53.4 Å². The summed E-state index contributed by atoms with van der Waals surface area (Å²) in [5, 5.41) is 6.26. The minimum absolute atomic E-state index is 0.0261. The SMILES string of the molecule is CCC1(CC)CC(NC(=O)CNC(C)C)CCO1. The van der Waals surface area contributed by atoms with Gasteiger partial charge in [0.15, 0.2) is 0 Å². The fourth-order valence-electron chi connectivity index (χ4n) is 2.47. The number of nitrogens with one attached hydrogen (secondary N) is 2. The van der Waals surface area contributed by atoms with Gasteiger partial charge in [-0.1, -0.05) is 27.7 Å². The van der Waals surface area contributed by atoms with E-state index in [1.807, 2.05) is 13.8 Å². The van der Waals surface area contributed by atoms with Gasteiger partial charge in [-0.2, -0.15) is 0 Å². The summed E-state index contributed by atoms with van der Waals surface area (Å²) in [6, 6.07) is 0.607. The molecule has 0 saturated carbocycles. The Balaban J connectivity index is 2.40. The van der Waals surface area contributed by atoms with Crippen LogP contribution in [0.5, 0.6) is 0 Å². The predicted molar refractivity (Wildman–Crippen MR) is 73.6 cm³/mol. The summed E-state index contributed by atoms with van der Waals surface area (Å²) in [6.45, 7) is 9.56. The minimum Gasteiger partial charge on any atom is -0.375 e. The van der Waals surface area contributed by atoms with Crippen LogP contribution in [-0.2, 0) is 9.53 Å². The largest absolute Gasteiger partial charge is 0.375 e. The van der Waals surface area contributed by atoms with Crippen molar-refractivity contribution in [2.75, 3.05) is 13.2 Å². The van der Waals surface area contributed by atoms with Crippen LogP contribution in [0.15, 0.2) is 0 Å². The van der Waals surface area contributed by atoms with Crippen LogP contribution < -0.4 is 10.6 Å². The summed E-state index contributed by atoms with van der Waals surface area (Å²) in [6.07, 6.45) is 3.89. The zero-order chi connectivity index (χ0) is 13.6. The van der Waals surface area contributed by atoms with Gasteiger partial charge in [0.1, 0.15) is 0 Å². The molecule has 106 valence electrons. The number of amides is 1. The first kappa shape index (κ1) is 15.4. The van der Waals surface area contributed by atoms with Crippen molar-refractivity contribution in [2.45, 2.75) is 71.1 Å². The summed E-state index contributed by atoms with van der Waals surface area (Å²) in [7, 11) is 0. The van der Waals surface area contributed by atoms with E-state index in [0.717, 1.165) is 32.3 Å². The number of ether oxygens (including phenoxy) is 1. The molecule has 1 saturated heterocycles. The molecule has 0 radical (unpaired) electrons. The van der Waals surface area contributed by atoms with Crippen molar-refractivity contribution in [2.24, 2.45) is 0 Å². The van der Waals surface area contributed by atoms with Crippen molar-refractivity contribution in [3.05, 3.63) is 0 Å². The predicted octanol–water partition coefficient (Wildman–Crippen LogP) is 1.84. The zero-order valence-electron chi connectivity index (χ0n) is 12.2. The van der Waals surface area contributed by atoms with E-state index in [4.69, 9.17) is 4.74 Å². The molecular formula is C14H28N2O2. The van der Waals surface area contributed by atoms with Gasteiger partial charge in [0, 0.05) is 18.7 Å². The van der Waals surface area contributed by atoms with Crippen LogP contribution in [0.3, 0.4) is 0 Å². The summed E-state index contributed by atoms with van der Waals surface area (Å²) >= 11 is 0. The van der Waals surface area contributed by atoms with E-state index in [2.05, 4.69) is 24.5 Å². The van der Waals surface area contributed by atoms with Crippen molar-refractivity contribution in [1.82, 2.24) is 10.6 Å². The molecule has 18 heavy (non-hydrogen) atoms. The van der Waals surface area contributed by atoms with Gasteiger partial charge in [0.25, 0.3) is 0 Å². The maximum absolute atomic E-state index is 11.8. The monoisotopic (exact) mass is 256 g/mol. The molecule has 0 aromatic heterocycles. The Hall–Kier alpha value is -0.610. The van der Waals surface area contributed by atoms with Gasteiger partial charge < -0.3 is 15.4 Å². The molecule has 0 aliphatic carbocycles. The molecule has 4 heteroatoms. The summed E-state index contributed by atoms with van der Waals surface area (Å²) in [5.74, 6) is 0.0942. The van der Waals surface area contributed by atoms with Gasteiger partial charge >= 0.3 is 0 Å². The molecule has 1 aliphatic rings. The Morgan fingerprint density at radius 1 is 1.39 bits per heavy atom. The molecule has 0 bridgehead atoms. The highest BCUT2D eigenvalue weighted by Gasteiger charge is 2.34. The summed E-state index contributed by atoms with van der Waals surface area (Å²) in [5.41, 5.74) is -0.0261. The second-order valence-electron chi connectivity index (χ2n) is 5.53. The van der Waals surface area contributed by atoms with Crippen LogP contribution in [0, 0.1) is 0 Å². The van der Waals surface area contributed by atoms with E-state index in [9.17, 15) is 4.79 Å². The maximum atomic E-state index is 11.8. The van der Waals surface area contributed by atoms with Crippen molar-refractivity contribution >= 4 is 5.91 Å². The molecular weight excluding hydrogens is 228 g/mol. The van der Waals surface area contributed by atoms with E-state index in [-0.39, 0.29) is 17.6 Å². The Bertz CT molecular complexity index is 263. The third-order valence-corrected chi connectivity index (χ3v) is 3.82. The average Bonchev–Trinajstić information content (AvgIpc) is 2.36. The first-order valence-corrected chi connectivity index (χ1v) is 7.18. The number of hydrogen-bond donors (Lipinski definition) is 2. The molecule has 1 amide bonds. The topological polar surface area (TPSA) is 50.4 Å². The van der Waals surface area contributed by atoms with Gasteiger partial charge in [0.2, 0.25) is 5.91 Å². The molecule has 1 heterocycles. The first-order chi connectivity index (χ1) is 8.51. The maximum Gasteiger partial charge on any atom is 0.234 e. The van der Waals surface area contributed by atoms with Crippen molar-refractivity contribution < 1.29 is 9.53 Å². The molecule has 4 nitrogen and oxygen atoms in total. The fourth-order valence-corrected chi connectivity index (χ4v) is 2.47. The molecule has 0 aromatic carbocycles. The highest BCUT2D eigenvalue weighted by atomic mass is 16.5. The number of carbonyl (C=O) groups excluding carboxylic acids is 1. The van der Waals surface area contributed by atoms with Crippen LogP contribution in [0.25, 0.3) is 0 Å². The number of carbonyl (C=O) groups is 1. The van der Waals surface area contributed by atoms with Crippen molar-refractivity contribution in [3.63, 3.8) is 0 Å². The number of rotatable bonds is 6. The highest BCUT2D eigenvalue weighted by Crippen LogP contribution is 2.31. The normalized spacial score (nSPS) is 23.1. The fraction of sp³-hybridized carbons (Fsp3) is 0.929. The van der Waals surface area contributed by atoms with E-state index in [1.54, 1.807) is 0 Å². The van der Waals surface area contributed by atoms with Crippen LogP contribution in [-0.4, -0.2) is 36.7 Å². The highest BCUT2D eigenvalue weighted by molar-refractivity contribution is 5.78. The lowest BCUT2D eigenvalue weighted by atomic mass is 9.86. The Morgan fingerprint density at radius 2 is 2.06 bits per heavy atom. The standard InChI is InChI=1S/C14H28N2O2/c1-5-14(6-2)9-12(7-8-18-14)16-13(17)10-15-11(3)4/h11-12,15H,5-10H2,1-4H3,(H,16,17). The van der Waals surface area contributed by atoms with Gasteiger partial charge in [-0.3, -0.25) is 4.79 Å². The molecule has 0 aromatic rings.